The van der Waals surface area contributed by atoms with Gasteiger partial charge in [0, 0.05) is 12.2 Å². The number of thiophene rings is 1. The molecule has 4 nitrogen and oxygen atoms in total. The average molecular weight is 363 g/mol. The molecule has 2 heterocycles. The van der Waals surface area contributed by atoms with Gasteiger partial charge in [-0.15, -0.1) is 11.3 Å². The minimum Gasteiger partial charge on any atom is -0.398 e. The van der Waals surface area contributed by atoms with Crippen LogP contribution >= 0.6 is 34.5 Å². The van der Waals surface area contributed by atoms with Gasteiger partial charge in [0.15, 0.2) is 0 Å². The fourth-order valence-corrected chi connectivity index (χ4v) is 6.03. The SMILES string of the molecule is Cc1cc2c(cc1N)N(S(=O)(=O)c1cc(Cl)sc1Cl)CC2. The number of nitrogen functional groups attached to an aromatic ring is 1. The minimum atomic E-state index is -3.72. The number of aryl methyl sites for hydroxylation is 1. The highest BCUT2D eigenvalue weighted by molar-refractivity contribution is 7.93. The number of sulfonamides is 1. The van der Waals surface area contributed by atoms with Gasteiger partial charge in [0.1, 0.15) is 9.23 Å². The van der Waals surface area contributed by atoms with Gasteiger partial charge in [-0.1, -0.05) is 29.3 Å². The summed E-state index contributed by atoms with van der Waals surface area (Å²) in [7, 11) is -3.72. The van der Waals surface area contributed by atoms with E-state index in [4.69, 9.17) is 28.9 Å². The fraction of sp³-hybridized carbons (Fsp3) is 0.231. The van der Waals surface area contributed by atoms with Crippen molar-refractivity contribution in [1.29, 1.82) is 0 Å². The number of hydrogen-bond acceptors (Lipinski definition) is 4. The van der Waals surface area contributed by atoms with Gasteiger partial charge in [-0.25, -0.2) is 8.42 Å². The molecule has 1 aromatic carbocycles. The molecule has 3 rings (SSSR count). The van der Waals surface area contributed by atoms with Crippen LogP contribution in [0.2, 0.25) is 8.67 Å². The van der Waals surface area contributed by atoms with Crippen LogP contribution in [0.4, 0.5) is 11.4 Å². The lowest BCUT2D eigenvalue weighted by Crippen LogP contribution is -2.29. The summed E-state index contributed by atoms with van der Waals surface area (Å²) in [4.78, 5) is 0.0474. The molecule has 112 valence electrons. The molecule has 0 amide bonds. The quantitative estimate of drug-likeness (QED) is 0.828. The van der Waals surface area contributed by atoms with Crippen molar-refractivity contribution in [2.45, 2.75) is 18.2 Å². The second-order valence-corrected chi connectivity index (χ2v) is 8.97. The molecule has 0 fully saturated rings. The molecular weight excluding hydrogens is 351 g/mol. The smallest absolute Gasteiger partial charge is 0.266 e. The summed E-state index contributed by atoms with van der Waals surface area (Å²) in [5.41, 5.74) is 9.02. The molecule has 0 spiro atoms. The lowest BCUT2D eigenvalue weighted by molar-refractivity contribution is 0.593. The molecule has 1 aliphatic rings. The van der Waals surface area contributed by atoms with Gasteiger partial charge in [-0.3, -0.25) is 4.31 Å². The molecule has 0 atom stereocenters. The summed E-state index contributed by atoms with van der Waals surface area (Å²) >= 11 is 12.9. The third kappa shape index (κ3) is 2.40. The van der Waals surface area contributed by atoms with E-state index in [1.54, 1.807) is 6.07 Å². The van der Waals surface area contributed by atoms with Gasteiger partial charge in [0.25, 0.3) is 10.0 Å². The predicted molar refractivity (Wildman–Crippen MR) is 88.2 cm³/mol. The summed E-state index contributed by atoms with van der Waals surface area (Å²) in [5.74, 6) is 0. The highest BCUT2D eigenvalue weighted by atomic mass is 35.5. The van der Waals surface area contributed by atoms with E-state index in [-0.39, 0.29) is 9.23 Å². The fourth-order valence-electron chi connectivity index (χ4n) is 2.42. The van der Waals surface area contributed by atoms with Gasteiger partial charge in [-0.05, 0) is 36.6 Å². The van der Waals surface area contributed by atoms with E-state index >= 15 is 0 Å². The Kier molecular flexibility index (Phi) is 3.60. The Balaban J connectivity index is 2.12. The molecule has 0 aliphatic carbocycles. The molecule has 0 radical (unpaired) electrons. The van der Waals surface area contributed by atoms with Crippen LogP contribution in [0.25, 0.3) is 0 Å². The Bertz CT molecular complexity index is 831. The van der Waals surface area contributed by atoms with Crippen LogP contribution in [0.15, 0.2) is 23.1 Å². The molecule has 2 aromatic rings. The van der Waals surface area contributed by atoms with E-state index in [9.17, 15) is 8.42 Å². The van der Waals surface area contributed by atoms with Crippen LogP contribution in [-0.2, 0) is 16.4 Å². The third-order valence-electron chi connectivity index (χ3n) is 3.51. The Labute approximate surface area is 137 Å². The normalized spacial score (nSPS) is 14.5. The van der Waals surface area contributed by atoms with Crippen molar-refractivity contribution < 1.29 is 8.42 Å². The molecule has 1 aliphatic heterocycles. The number of halogens is 2. The molecular formula is C13H12Cl2N2O2S2. The predicted octanol–water partition coefficient (Wildman–Crippen LogP) is 3.70. The Morgan fingerprint density at radius 1 is 1.29 bits per heavy atom. The highest BCUT2D eigenvalue weighted by Gasteiger charge is 2.33. The van der Waals surface area contributed by atoms with Gasteiger partial charge in [-0.2, -0.15) is 0 Å². The molecule has 0 unspecified atom stereocenters. The lowest BCUT2D eigenvalue weighted by atomic mass is 10.1. The highest BCUT2D eigenvalue weighted by Crippen LogP contribution is 2.40. The van der Waals surface area contributed by atoms with E-state index in [1.807, 2.05) is 13.0 Å². The topological polar surface area (TPSA) is 63.4 Å². The Morgan fingerprint density at radius 2 is 2.00 bits per heavy atom. The molecule has 21 heavy (non-hydrogen) atoms. The first-order valence-corrected chi connectivity index (χ1v) is 9.18. The number of hydrogen-bond donors (Lipinski definition) is 1. The van der Waals surface area contributed by atoms with E-state index in [0.29, 0.717) is 28.7 Å². The molecule has 8 heteroatoms. The van der Waals surface area contributed by atoms with Crippen LogP contribution in [0, 0.1) is 6.92 Å². The van der Waals surface area contributed by atoms with Crippen molar-refractivity contribution in [3.63, 3.8) is 0 Å². The van der Waals surface area contributed by atoms with Crippen molar-refractivity contribution in [2.75, 3.05) is 16.6 Å². The number of anilines is 2. The monoisotopic (exact) mass is 362 g/mol. The van der Waals surface area contributed by atoms with Gasteiger partial charge in [0.2, 0.25) is 0 Å². The van der Waals surface area contributed by atoms with E-state index < -0.39 is 10.0 Å². The number of rotatable bonds is 2. The van der Waals surface area contributed by atoms with Crippen molar-refractivity contribution in [2.24, 2.45) is 0 Å². The van der Waals surface area contributed by atoms with Gasteiger partial charge in [0.05, 0.1) is 10.0 Å². The van der Waals surface area contributed by atoms with Gasteiger partial charge < -0.3 is 5.73 Å². The summed E-state index contributed by atoms with van der Waals surface area (Å²) in [6.45, 7) is 2.28. The summed E-state index contributed by atoms with van der Waals surface area (Å²) < 4.78 is 27.4. The van der Waals surface area contributed by atoms with Crippen LogP contribution in [0.3, 0.4) is 0 Å². The molecule has 0 bridgehead atoms. The number of nitrogens with two attached hydrogens (primary N) is 1. The van der Waals surface area contributed by atoms with Gasteiger partial charge >= 0.3 is 0 Å². The second-order valence-electron chi connectivity index (χ2n) is 4.85. The van der Waals surface area contributed by atoms with Crippen LogP contribution < -0.4 is 10.0 Å². The summed E-state index contributed by atoms with van der Waals surface area (Å²) in [6, 6.07) is 5.03. The first-order valence-electron chi connectivity index (χ1n) is 6.17. The molecule has 1 aromatic heterocycles. The largest absolute Gasteiger partial charge is 0.398 e. The zero-order valence-corrected chi connectivity index (χ0v) is 14.2. The Morgan fingerprint density at radius 3 is 2.62 bits per heavy atom. The maximum Gasteiger partial charge on any atom is 0.266 e. The third-order valence-corrected chi connectivity index (χ3v) is 7.08. The standard InChI is InChI=1S/C13H12Cl2N2O2S2/c1-7-4-8-2-3-17(10(8)5-9(7)16)21(18,19)11-6-12(14)20-13(11)15/h4-6H,2-3,16H2,1H3. The van der Waals surface area contributed by atoms with Crippen molar-refractivity contribution in [3.05, 3.63) is 38.0 Å². The average Bonchev–Trinajstić information content (AvgIpc) is 2.94. The molecule has 0 saturated carbocycles. The van der Waals surface area contributed by atoms with Crippen molar-refractivity contribution >= 4 is 55.9 Å². The Hall–Kier alpha value is -0.950. The van der Waals surface area contributed by atoms with Crippen LogP contribution in [0.1, 0.15) is 11.1 Å². The first-order chi connectivity index (χ1) is 9.80. The first kappa shape index (κ1) is 15.0. The second kappa shape index (κ2) is 5.05. The van der Waals surface area contributed by atoms with Crippen LogP contribution in [-0.4, -0.2) is 15.0 Å². The number of benzene rings is 1. The summed E-state index contributed by atoms with van der Waals surface area (Å²) in [5, 5.41) is 0. The van der Waals surface area contributed by atoms with E-state index in [2.05, 4.69) is 0 Å². The van der Waals surface area contributed by atoms with Crippen molar-refractivity contribution in [1.82, 2.24) is 0 Å². The van der Waals surface area contributed by atoms with E-state index in [0.717, 1.165) is 22.5 Å². The zero-order valence-electron chi connectivity index (χ0n) is 11.1. The van der Waals surface area contributed by atoms with Crippen molar-refractivity contribution in [3.8, 4) is 0 Å². The van der Waals surface area contributed by atoms with Crippen LogP contribution in [0.5, 0.6) is 0 Å². The number of fused-ring (bicyclic) bond motifs is 1. The maximum atomic E-state index is 12.8. The minimum absolute atomic E-state index is 0.0474. The molecule has 2 N–H and O–H groups in total. The van der Waals surface area contributed by atoms with E-state index in [1.165, 1.54) is 10.4 Å². The molecule has 0 saturated heterocycles. The zero-order chi connectivity index (χ0) is 15.4. The lowest BCUT2D eigenvalue weighted by Gasteiger charge is -2.19. The summed E-state index contributed by atoms with van der Waals surface area (Å²) in [6.07, 6.45) is 0.658. The maximum absolute atomic E-state index is 12.8. The number of nitrogens with zero attached hydrogens (tertiary/aromatic N) is 1.